The minimum atomic E-state index is -0.269. The van der Waals surface area contributed by atoms with Gasteiger partial charge in [0.2, 0.25) is 5.78 Å². The molecule has 0 saturated heterocycles. The normalized spacial score (nSPS) is 10.1. The van der Waals surface area contributed by atoms with E-state index in [1.54, 1.807) is 24.3 Å². The van der Waals surface area contributed by atoms with Gasteiger partial charge in [0.15, 0.2) is 5.11 Å². The maximum absolute atomic E-state index is 11.4. The van der Waals surface area contributed by atoms with E-state index in [4.69, 9.17) is 10.9 Å². The molecule has 0 aliphatic carbocycles. The Labute approximate surface area is 118 Å². The molecule has 98 valence electrons. The quantitative estimate of drug-likeness (QED) is 0.161. The van der Waals surface area contributed by atoms with Gasteiger partial charge in [0.1, 0.15) is 5.71 Å². The van der Waals surface area contributed by atoms with Crippen molar-refractivity contribution in [2.75, 3.05) is 0 Å². The molecule has 1 aromatic carbocycles. The van der Waals surface area contributed by atoms with Gasteiger partial charge in [-0.15, -0.1) is 0 Å². The monoisotopic (exact) mass is 332 g/mol. The van der Waals surface area contributed by atoms with Crippen molar-refractivity contribution >= 4 is 44.8 Å². The van der Waals surface area contributed by atoms with Gasteiger partial charge in [-0.25, -0.2) is 5.84 Å². The first-order valence-corrected chi connectivity index (χ1v) is 5.87. The zero-order chi connectivity index (χ0) is 14.1. The largest absolute Gasteiger partial charge is 0.411 e. The number of halogens is 1. The topological polar surface area (TPSA) is 114 Å². The maximum Gasteiger partial charge on any atom is 0.210 e. The Hall–Kier alpha value is -1.51. The molecule has 0 atom stereocenters. The van der Waals surface area contributed by atoms with Gasteiger partial charge in [-0.2, -0.15) is 0 Å². The molecule has 0 saturated carbocycles. The highest BCUT2D eigenvalue weighted by Crippen LogP contribution is 2.11. The summed E-state index contributed by atoms with van der Waals surface area (Å²) < 4.78 is 0.905. The second-order valence-electron chi connectivity index (χ2n) is 3.03. The van der Waals surface area contributed by atoms with Crippen molar-refractivity contribution in [1.29, 1.82) is 0 Å². The van der Waals surface area contributed by atoms with Crippen LogP contribution in [-0.2, 0) is 0 Å². The Kier molecular flexibility index (Phi) is 7.84. The number of oxime groups is 1. The smallest absolute Gasteiger partial charge is 0.210 e. The van der Waals surface area contributed by atoms with E-state index in [9.17, 15) is 4.79 Å². The van der Waals surface area contributed by atoms with Gasteiger partial charge >= 0.3 is 0 Å². The highest BCUT2D eigenvalue weighted by atomic mass is 79.9. The third-order valence-electron chi connectivity index (χ3n) is 1.73. The highest BCUT2D eigenvalue weighted by Gasteiger charge is 2.08. The minimum absolute atomic E-state index is 0.0855. The van der Waals surface area contributed by atoms with Gasteiger partial charge in [-0.1, -0.05) is 21.1 Å². The van der Waals surface area contributed by atoms with Crippen LogP contribution in [0.5, 0.6) is 0 Å². The number of carbonyl (C=O) groups excluding carboxylic acids is 1. The van der Waals surface area contributed by atoms with E-state index in [1.165, 1.54) is 6.92 Å². The lowest BCUT2D eigenvalue weighted by molar-refractivity contribution is 0.106. The number of hydrogen-bond donors (Lipinski definition) is 4. The van der Waals surface area contributed by atoms with Crippen molar-refractivity contribution in [3.63, 3.8) is 0 Å². The summed E-state index contributed by atoms with van der Waals surface area (Å²) in [5.74, 6) is 4.39. The van der Waals surface area contributed by atoms with E-state index in [0.717, 1.165) is 4.47 Å². The first-order valence-electron chi connectivity index (χ1n) is 4.67. The van der Waals surface area contributed by atoms with Crippen LogP contribution in [0.4, 0.5) is 0 Å². The van der Waals surface area contributed by atoms with Crippen molar-refractivity contribution in [2.45, 2.75) is 6.92 Å². The molecule has 1 aromatic rings. The number of nitrogens with two attached hydrogens (primary N) is 2. The molecular weight excluding hydrogens is 320 g/mol. The average molecular weight is 333 g/mol. The summed E-state index contributed by atoms with van der Waals surface area (Å²) in [5, 5.41) is 11.3. The van der Waals surface area contributed by atoms with E-state index in [1.807, 2.05) is 5.43 Å². The van der Waals surface area contributed by atoms with E-state index < -0.39 is 0 Å². The Morgan fingerprint density at radius 3 is 2.22 bits per heavy atom. The molecule has 0 spiro atoms. The molecule has 0 unspecified atom stereocenters. The van der Waals surface area contributed by atoms with E-state index in [0.29, 0.717) is 5.56 Å². The summed E-state index contributed by atoms with van der Waals surface area (Å²) in [6.45, 7) is 1.46. The zero-order valence-corrected chi connectivity index (χ0v) is 12.0. The second kappa shape index (κ2) is 8.56. The van der Waals surface area contributed by atoms with Gasteiger partial charge in [0, 0.05) is 10.0 Å². The Morgan fingerprint density at radius 1 is 1.44 bits per heavy atom. The zero-order valence-electron chi connectivity index (χ0n) is 9.55. The van der Waals surface area contributed by atoms with Crippen LogP contribution in [0.15, 0.2) is 33.9 Å². The van der Waals surface area contributed by atoms with Crippen molar-refractivity contribution in [3.05, 3.63) is 34.3 Å². The predicted octanol–water partition coefficient (Wildman–Crippen LogP) is 1.18. The Bertz CT molecular complexity index is 448. The average Bonchev–Trinajstić information content (AvgIpc) is 2.38. The first-order chi connectivity index (χ1) is 8.42. The highest BCUT2D eigenvalue weighted by molar-refractivity contribution is 9.10. The van der Waals surface area contributed by atoms with Crippen molar-refractivity contribution in [3.8, 4) is 0 Å². The molecule has 8 heteroatoms. The Morgan fingerprint density at radius 2 is 1.89 bits per heavy atom. The molecule has 0 fully saturated rings. The molecule has 0 aromatic heterocycles. The lowest BCUT2D eigenvalue weighted by Gasteiger charge is -1.97. The van der Waals surface area contributed by atoms with Crippen LogP contribution in [0.3, 0.4) is 0 Å². The lowest BCUT2D eigenvalue weighted by Crippen LogP contribution is -2.34. The number of nitrogens with zero attached hydrogens (tertiary/aromatic N) is 1. The van der Waals surface area contributed by atoms with Crippen LogP contribution in [0, 0.1) is 0 Å². The van der Waals surface area contributed by atoms with Crippen LogP contribution in [0.1, 0.15) is 17.3 Å². The summed E-state index contributed by atoms with van der Waals surface area (Å²) in [6.07, 6.45) is 0. The lowest BCUT2D eigenvalue weighted by atomic mass is 10.1. The number of benzene rings is 1. The van der Waals surface area contributed by atoms with Crippen LogP contribution in [0.25, 0.3) is 0 Å². The van der Waals surface area contributed by atoms with Crippen molar-refractivity contribution in [2.24, 2.45) is 16.7 Å². The fourth-order valence-corrected chi connectivity index (χ4v) is 1.12. The molecule has 0 heterocycles. The third kappa shape index (κ3) is 6.28. The summed E-state index contributed by atoms with van der Waals surface area (Å²) in [6, 6.07) is 6.86. The Balaban J connectivity index is 0.000000494. The van der Waals surface area contributed by atoms with Gasteiger partial charge in [-0.3, -0.25) is 4.79 Å². The molecule has 0 amide bonds. The molecule has 18 heavy (non-hydrogen) atoms. The van der Waals surface area contributed by atoms with Crippen LogP contribution in [-0.4, -0.2) is 21.8 Å². The van der Waals surface area contributed by atoms with E-state index in [-0.39, 0.29) is 16.6 Å². The number of Topliss-reactive ketones (excluding diaryl/α,β-unsaturated/α-hetero) is 1. The van der Waals surface area contributed by atoms with Crippen LogP contribution >= 0.6 is 28.1 Å². The molecule has 0 aliphatic heterocycles. The number of hydrogen-bond acceptors (Lipinski definition) is 5. The molecule has 0 radical (unpaired) electrons. The summed E-state index contributed by atoms with van der Waals surface area (Å²) in [7, 11) is 0. The molecule has 0 bridgehead atoms. The first kappa shape index (κ1) is 16.5. The molecular formula is C10H13BrN4O2S. The molecule has 0 aliphatic rings. The van der Waals surface area contributed by atoms with E-state index in [2.05, 4.69) is 39.1 Å². The van der Waals surface area contributed by atoms with Crippen LogP contribution < -0.4 is 17.0 Å². The van der Waals surface area contributed by atoms with Gasteiger partial charge in [-0.05, 0) is 43.4 Å². The fourth-order valence-electron chi connectivity index (χ4n) is 0.856. The standard InChI is InChI=1S/C9H8BrNO2.CH5N3S/c1-6(11-13)9(12)7-2-4-8(10)5-3-7;2-1(5)4-3/h2-5,13H,1H3;3H2,(H3,2,4,5). The number of rotatable bonds is 2. The number of nitrogens with one attached hydrogen (secondary N) is 1. The number of carbonyl (C=O) groups is 1. The van der Waals surface area contributed by atoms with Gasteiger partial charge in [0.25, 0.3) is 0 Å². The molecule has 1 rings (SSSR count). The predicted molar refractivity (Wildman–Crippen MR) is 77.5 cm³/mol. The maximum atomic E-state index is 11.4. The fraction of sp³-hybridized carbons (Fsp3) is 0.100. The van der Waals surface area contributed by atoms with Crippen molar-refractivity contribution in [1.82, 2.24) is 5.43 Å². The molecule has 6 N–H and O–H groups in total. The minimum Gasteiger partial charge on any atom is -0.411 e. The van der Waals surface area contributed by atoms with Crippen molar-refractivity contribution < 1.29 is 10.0 Å². The second-order valence-corrected chi connectivity index (χ2v) is 4.39. The number of thiocarbonyl (C=S) groups is 1. The SMILES string of the molecule is CC(=NO)C(=O)c1ccc(Br)cc1.NNC(N)=S. The van der Waals surface area contributed by atoms with Crippen LogP contribution in [0.2, 0.25) is 0 Å². The van der Waals surface area contributed by atoms with E-state index >= 15 is 0 Å². The third-order valence-corrected chi connectivity index (χ3v) is 2.37. The number of ketones is 1. The number of hydrazine groups is 1. The summed E-state index contributed by atoms with van der Waals surface area (Å²) in [5.41, 5.74) is 7.42. The molecule has 6 nitrogen and oxygen atoms in total. The summed E-state index contributed by atoms with van der Waals surface area (Å²) in [4.78, 5) is 11.4. The van der Waals surface area contributed by atoms with Gasteiger partial charge < -0.3 is 16.4 Å². The van der Waals surface area contributed by atoms with Gasteiger partial charge in [0.05, 0.1) is 0 Å². The summed E-state index contributed by atoms with van der Waals surface area (Å²) >= 11 is 7.50.